The first-order chi connectivity index (χ1) is 9.10. The highest BCUT2D eigenvalue weighted by Crippen LogP contribution is 2.42. The second-order valence-electron chi connectivity index (χ2n) is 6.87. The Morgan fingerprint density at radius 3 is 2.58 bits per heavy atom. The Morgan fingerprint density at radius 1 is 1.26 bits per heavy atom. The van der Waals surface area contributed by atoms with Gasteiger partial charge in [-0.05, 0) is 49.7 Å². The lowest BCUT2D eigenvalue weighted by Crippen LogP contribution is -2.38. The highest BCUT2D eigenvalue weighted by Gasteiger charge is 2.34. The number of hydrogen-bond donors (Lipinski definition) is 1. The van der Waals surface area contributed by atoms with Crippen LogP contribution in [0, 0.1) is 11.3 Å². The molecule has 1 aromatic rings. The molecule has 1 N–H and O–H groups in total. The van der Waals surface area contributed by atoms with Gasteiger partial charge in [0, 0.05) is 19.0 Å². The maximum absolute atomic E-state index is 5.43. The number of nitrogens with one attached hydrogen (secondary N) is 1. The van der Waals surface area contributed by atoms with Gasteiger partial charge in [0.05, 0.1) is 6.26 Å². The topological polar surface area (TPSA) is 25.2 Å². The van der Waals surface area contributed by atoms with E-state index in [2.05, 4.69) is 32.2 Å². The van der Waals surface area contributed by atoms with Gasteiger partial charge in [-0.1, -0.05) is 26.7 Å². The first kappa shape index (κ1) is 14.6. The first-order valence-corrected chi connectivity index (χ1v) is 7.85. The lowest BCUT2D eigenvalue weighted by molar-refractivity contribution is 0.215. The summed E-state index contributed by atoms with van der Waals surface area (Å²) in [4.78, 5) is 0. The fourth-order valence-electron chi connectivity index (χ4n) is 3.64. The van der Waals surface area contributed by atoms with Gasteiger partial charge in [-0.2, -0.15) is 0 Å². The van der Waals surface area contributed by atoms with E-state index in [-0.39, 0.29) is 0 Å². The van der Waals surface area contributed by atoms with Gasteiger partial charge in [0.15, 0.2) is 0 Å². The molecule has 0 radical (unpaired) electrons. The van der Waals surface area contributed by atoms with Crippen LogP contribution in [0.15, 0.2) is 22.8 Å². The summed E-state index contributed by atoms with van der Waals surface area (Å²) in [5, 5.41) is 3.75. The Morgan fingerprint density at radius 2 is 2.00 bits per heavy atom. The fraction of sp³-hybridized carbons (Fsp3) is 0.765. The summed E-state index contributed by atoms with van der Waals surface area (Å²) in [5.74, 6) is 1.89. The molecular formula is C17H29NO. The first-order valence-electron chi connectivity index (χ1n) is 7.85. The summed E-state index contributed by atoms with van der Waals surface area (Å²) in [6.07, 6.45) is 9.77. The van der Waals surface area contributed by atoms with E-state index >= 15 is 0 Å². The summed E-state index contributed by atoms with van der Waals surface area (Å²) in [6.45, 7) is 8.15. The van der Waals surface area contributed by atoms with Crippen LogP contribution in [0.3, 0.4) is 0 Å². The third kappa shape index (κ3) is 4.38. The highest BCUT2D eigenvalue weighted by molar-refractivity contribution is 5.00. The molecule has 1 fully saturated rings. The van der Waals surface area contributed by atoms with E-state index in [9.17, 15) is 0 Å². The number of furan rings is 1. The van der Waals surface area contributed by atoms with E-state index in [0.29, 0.717) is 11.5 Å². The molecule has 19 heavy (non-hydrogen) atoms. The minimum absolute atomic E-state index is 0.496. The van der Waals surface area contributed by atoms with Gasteiger partial charge in [-0.3, -0.25) is 0 Å². The van der Waals surface area contributed by atoms with Crippen LogP contribution in [0.2, 0.25) is 0 Å². The lowest BCUT2D eigenvalue weighted by Gasteiger charge is -2.32. The molecule has 108 valence electrons. The number of rotatable bonds is 7. The molecule has 1 aromatic heterocycles. The Hall–Kier alpha value is -0.760. The normalized spacial score (nSPS) is 20.0. The molecular weight excluding hydrogens is 234 g/mol. The summed E-state index contributed by atoms with van der Waals surface area (Å²) in [6, 6.07) is 4.53. The Balaban J connectivity index is 1.81. The molecule has 1 atom stereocenters. The van der Waals surface area contributed by atoms with Crippen molar-refractivity contribution in [3.05, 3.63) is 24.2 Å². The molecule has 0 spiro atoms. The molecule has 1 heterocycles. The molecule has 1 unspecified atom stereocenters. The average Bonchev–Trinajstić information content (AvgIpc) is 2.98. The molecule has 0 aromatic carbocycles. The predicted octanol–water partition coefficient (Wildman–Crippen LogP) is 4.41. The predicted molar refractivity (Wildman–Crippen MR) is 80.2 cm³/mol. The summed E-state index contributed by atoms with van der Waals surface area (Å²) in [5.41, 5.74) is 0.561. The lowest BCUT2D eigenvalue weighted by atomic mass is 9.78. The van der Waals surface area contributed by atoms with E-state index in [0.717, 1.165) is 18.1 Å². The fourth-order valence-corrected chi connectivity index (χ4v) is 3.64. The van der Waals surface area contributed by atoms with Crippen LogP contribution in [0.5, 0.6) is 0 Å². The second-order valence-corrected chi connectivity index (χ2v) is 6.87. The van der Waals surface area contributed by atoms with Gasteiger partial charge < -0.3 is 9.73 Å². The summed E-state index contributed by atoms with van der Waals surface area (Å²) >= 11 is 0. The van der Waals surface area contributed by atoms with Crippen molar-refractivity contribution in [3.63, 3.8) is 0 Å². The van der Waals surface area contributed by atoms with E-state index in [1.165, 1.54) is 38.6 Å². The molecule has 0 bridgehead atoms. The maximum Gasteiger partial charge on any atom is 0.105 e. The summed E-state index contributed by atoms with van der Waals surface area (Å²) < 4.78 is 5.43. The van der Waals surface area contributed by atoms with Crippen molar-refractivity contribution in [2.45, 2.75) is 65.3 Å². The van der Waals surface area contributed by atoms with Crippen molar-refractivity contribution in [1.29, 1.82) is 0 Å². The third-order valence-corrected chi connectivity index (χ3v) is 4.42. The van der Waals surface area contributed by atoms with Crippen LogP contribution in [-0.4, -0.2) is 12.6 Å². The molecule has 0 saturated heterocycles. The Kier molecular flexibility index (Phi) is 5.09. The molecule has 1 aliphatic rings. The molecule has 0 aliphatic heterocycles. The van der Waals surface area contributed by atoms with Gasteiger partial charge in [0.2, 0.25) is 0 Å². The second kappa shape index (κ2) is 6.60. The Bertz CT molecular complexity index is 349. The quantitative estimate of drug-likeness (QED) is 0.788. The van der Waals surface area contributed by atoms with E-state index in [1.807, 2.05) is 6.07 Å². The van der Waals surface area contributed by atoms with Crippen molar-refractivity contribution in [2.24, 2.45) is 11.3 Å². The smallest absolute Gasteiger partial charge is 0.105 e. The molecule has 0 amide bonds. The van der Waals surface area contributed by atoms with Crippen molar-refractivity contribution < 1.29 is 4.42 Å². The average molecular weight is 263 g/mol. The van der Waals surface area contributed by atoms with Crippen LogP contribution >= 0.6 is 0 Å². The van der Waals surface area contributed by atoms with Crippen molar-refractivity contribution in [2.75, 3.05) is 6.54 Å². The van der Waals surface area contributed by atoms with Crippen LogP contribution < -0.4 is 5.32 Å². The minimum Gasteiger partial charge on any atom is -0.469 e. The van der Waals surface area contributed by atoms with Gasteiger partial charge >= 0.3 is 0 Å². The zero-order valence-electron chi connectivity index (χ0n) is 12.7. The summed E-state index contributed by atoms with van der Waals surface area (Å²) in [7, 11) is 0. The van der Waals surface area contributed by atoms with Crippen LogP contribution in [0.4, 0.5) is 0 Å². The molecule has 2 nitrogen and oxygen atoms in total. The largest absolute Gasteiger partial charge is 0.469 e. The van der Waals surface area contributed by atoms with Crippen LogP contribution in [0.1, 0.15) is 58.6 Å². The zero-order chi connectivity index (χ0) is 13.7. The monoisotopic (exact) mass is 263 g/mol. The van der Waals surface area contributed by atoms with E-state index in [1.54, 1.807) is 6.26 Å². The zero-order valence-corrected chi connectivity index (χ0v) is 12.7. The van der Waals surface area contributed by atoms with Crippen molar-refractivity contribution in [1.82, 2.24) is 5.32 Å². The van der Waals surface area contributed by atoms with E-state index in [4.69, 9.17) is 4.42 Å². The molecule has 2 rings (SSSR count). The van der Waals surface area contributed by atoms with Crippen molar-refractivity contribution >= 4 is 0 Å². The van der Waals surface area contributed by atoms with Gasteiger partial charge in [-0.25, -0.2) is 0 Å². The number of hydrogen-bond acceptors (Lipinski definition) is 2. The highest BCUT2D eigenvalue weighted by atomic mass is 16.3. The van der Waals surface area contributed by atoms with Gasteiger partial charge in [0.1, 0.15) is 5.76 Å². The molecule has 1 saturated carbocycles. The molecule has 2 heteroatoms. The Labute approximate surface area is 118 Å². The third-order valence-electron chi connectivity index (χ3n) is 4.42. The van der Waals surface area contributed by atoms with Gasteiger partial charge in [0.25, 0.3) is 0 Å². The standard InChI is InChI=1S/C17H29NO/c1-14(2)12-17(8-4-5-9-17)13-18-15(3)11-16-7-6-10-19-16/h6-7,10,14-15,18H,4-5,8-9,11-13H2,1-3H3. The van der Waals surface area contributed by atoms with Crippen molar-refractivity contribution in [3.8, 4) is 0 Å². The minimum atomic E-state index is 0.496. The van der Waals surface area contributed by atoms with Gasteiger partial charge in [-0.15, -0.1) is 0 Å². The van der Waals surface area contributed by atoms with Crippen LogP contribution in [-0.2, 0) is 6.42 Å². The SMILES string of the molecule is CC(C)CC1(CNC(C)Cc2ccco2)CCCC1. The molecule has 1 aliphatic carbocycles. The van der Waals surface area contributed by atoms with E-state index < -0.39 is 0 Å². The maximum atomic E-state index is 5.43. The van der Waals surface area contributed by atoms with Crippen LogP contribution in [0.25, 0.3) is 0 Å².